The van der Waals surface area contributed by atoms with Crippen molar-refractivity contribution in [3.63, 3.8) is 0 Å². The number of anilines is 1. The maximum absolute atomic E-state index is 12.8. The molecule has 0 unspecified atom stereocenters. The molecule has 0 bridgehead atoms. The summed E-state index contributed by atoms with van der Waals surface area (Å²) in [5.41, 5.74) is 2.04. The predicted octanol–water partition coefficient (Wildman–Crippen LogP) is 3.55. The van der Waals surface area contributed by atoms with E-state index in [0.29, 0.717) is 11.2 Å². The highest BCUT2D eigenvalue weighted by Gasteiger charge is 2.22. The number of benzene rings is 1. The summed E-state index contributed by atoms with van der Waals surface area (Å²) in [4.78, 5) is 29.3. The van der Waals surface area contributed by atoms with Gasteiger partial charge >= 0.3 is 5.97 Å². The van der Waals surface area contributed by atoms with Crippen molar-refractivity contribution in [2.24, 2.45) is 0 Å². The second kappa shape index (κ2) is 7.40. The van der Waals surface area contributed by atoms with Gasteiger partial charge in [-0.2, -0.15) is 0 Å². The number of imidazole rings is 1. The maximum atomic E-state index is 12.8. The minimum absolute atomic E-state index is 0.0744. The quantitative estimate of drug-likeness (QED) is 0.542. The van der Waals surface area contributed by atoms with E-state index in [0.717, 1.165) is 5.69 Å². The Morgan fingerprint density at radius 2 is 1.71 bits per heavy atom. The molecule has 7 heteroatoms. The van der Waals surface area contributed by atoms with E-state index >= 15 is 0 Å². The zero-order chi connectivity index (χ0) is 19.5. The van der Waals surface area contributed by atoms with Crippen LogP contribution in [0.25, 0.3) is 11.3 Å². The van der Waals surface area contributed by atoms with Gasteiger partial charge in [-0.1, -0.05) is 6.07 Å². The van der Waals surface area contributed by atoms with Gasteiger partial charge in [0.05, 0.1) is 6.61 Å². The van der Waals surface area contributed by atoms with Crippen LogP contribution in [0.1, 0.15) is 27.8 Å². The highest BCUT2D eigenvalue weighted by Crippen LogP contribution is 2.20. The van der Waals surface area contributed by atoms with Crippen LogP contribution < -0.4 is 5.32 Å². The Bertz CT molecular complexity index is 1130. The van der Waals surface area contributed by atoms with E-state index in [1.165, 1.54) is 0 Å². The topological polar surface area (TPSA) is 77.6 Å². The summed E-state index contributed by atoms with van der Waals surface area (Å²) < 4.78 is 8.67. The van der Waals surface area contributed by atoms with Crippen molar-refractivity contribution in [1.82, 2.24) is 14.0 Å². The summed E-state index contributed by atoms with van der Waals surface area (Å²) in [6.45, 7) is 1.94. The van der Waals surface area contributed by atoms with Gasteiger partial charge < -0.3 is 14.6 Å². The van der Waals surface area contributed by atoms with E-state index < -0.39 is 5.97 Å². The van der Waals surface area contributed by atoms with E-state index in [2.05, 4.69) is 10.3 Å². The van der Waals surface area contributed by atoms with Crippen LogP contribution in [0.5, 0.6) is 0 Å². The number of amides is 1. The van der Waals surface area contributed by atoms with E-state index in [1.807, 2.05) is 47.3 Å². The van der Waals surface area contributed by atoms with Crippen molar-refractivity contribution in [2.45, 2.75) is 6.92 Å². The molecule has 0 aliphatic carbocycles. The van der Waals surface area contributed by atoms with Gasteiger partial charge in [0.2, 0.25) is 0 Å². The van der Waals surface area contributed by atoms with Crippen LogP contribution in [-0.4, -0.2) is 32.4 Å². The summed E-state index contributed by atoms with van der Waals surface area (Å²) in [6.07, 6.45) is 5.59. The van der Waals surface area contributed by atoms with Crippen LogP contribution in [0.4, 0.5) is 5.82 Å². The molecule has 7 nitrogen and oxygen atoms in total. The third kappa shape index (κ3) is 3.25. The first-order valence-electron chi connectivity index (χ1n) is 8.86. The average Bonchev–Trinajstić information content (AvgIpc) is 3.37. The number of fused-ring (bicyclic) bond motifs is 1. The lowest BCUT2D eigenvalue weighted by atomic mass is 10.2. The number of aromatic nitrogens is 3. The van der Waals surface area contributed by atoms with E-state index in [9.17, 15) is 9.59 Å². The third-order valence-corrected chi connectivity index (χ3v) is 4.26. The van der Waals surface area contributed by atoms with Gasteiger partial charge in [0, 0.05) is 29.8 Å². The zero-order valence-corrected chi connectivity index (χ0v) is 15.2. The van der Waals surface area contributed by atoms with E-state index in [-0.39, 0.29) is 24.0 Å². The third-order valence-electron chi connectivity index (χ3n) is 4.26. The fourth-order valence-corrected chi connectivity index (χ4v) is 2.93. The summed E-state index contributed by atoms with van der Waals surface area (Å²) in [6, 6.07) is 16.4. The van der Waals surface area contributed by atoms with Crippen molar-refractivity contribution in [1.29, 1.82) is 0 Å². The lowest BCUT2D eigenvalue weighted by molar-refractivity contribution is 0.0521. The van der Waals surface area contributed by atoms with Gasteiger partial charge in [0.25, 0.3) is 5.91 Å². The normalized spacial score (nSPS) is 10.8. The highest BCUT2D eigenvalue weighted by atomic mass is 16.5. The first kappa shape index (κ1) is 17.5. The van der Waals surface area contributed by atoms with Crippen molar-refractivity contribution >= 4 is 23.3 Å². The second-order valence-corrected chi connectivity index (χ2v) is 6.05. The minimum Gasteiger partial charge on any atom is -0.461 e. The summed E-state index contributed by atoms with van der Waals surface area (Å²) in [5.74, 6) is -0.631. The molecule has 28 heavy (non-hydrogen) atoms. The van der Waals surface area contributed by atoms with Gasteiger partial charge in [0.1, 0.15) is 5.65 Å². The van der Waals surface area contributed by atoms with Crippen molar-refractivity contribution in [3.8, 4) is 5.69 Å². The fourth-order valence-electron chi connectivity index (χ4n) is 2.93. The van der Waals surface area contributed by atoms with Crippen LogP contribution >= 0.6 is 0 Å². The molecule has 1 N–H and O–H groups in total. The average molecular weight is 374 g/mol. The van der Waals surface area contributed by atoms with E-state index in [1.54, 1.807) is 41.8 Å². The number of ether oxygens (including phenoxy) is 1. The smallest absolute Gasteiger partial charge is 0.360 e. The molecule has 4 rings (SSSR count). The molecule has 140 valence electrons. The number of esters is 1. The first-order valence-corrected chi connectivity index (χ1v) is 8.86. The Labute approximate surface area is 161 Å². The van der Waals surface area contributed by atoms with Crippen molar-refractivity contribution in [3.05, 3.63) is 84.4 Å². The van der Waals surface area contributed by atoms with Gasteiger partial charge in [-0.3, -0.25) is 9.20 Å². The molecule has 3 heterocycles. The number of carbonyl (C=O) groups excluding carboxylic acids is 2. The molecule has 0 spiro atoms. The van der Waals surface area contributed by atoms with Crippen LogP contribution in [0.15, 0.2) is 73.2 Å². The number of hydrogen-bond acceptors (Lipinski definition) is 4. The monoisotopic (exact) mass is 374 g/mol. The number of hydrogen-bond donors (Lipinski definition) is 1. The standard InChI is InChI=1S/C21H18N4O3/c1-2-28-21(27)18-19(25-14-4-3-7-17(25)22-18)23-20(26)15-8-10-16(11-9-15)24-12-5-6-13-24/h3-14H,2H2,1H3,(H,23,26). The molecule has 0 radical (unpaired) electrons. The second-order valence-electron chi connectivity index (χ2n) is 6.05. The molecular weight excluding hydrogens is 356 g/mol. The number of nitrogens with one attached hydrogen (secondary N) is 1. The number of pyridine rings is 1. The lowest BCUT2D eigenvalue weighted by Crippen LogP contribution is -2.17. The number of rotatable bonds is 5. The summed E-state index contributed by atoms with van der Waals surface area (Å²) in [5, 5.41) is 2.80. The number of nitrogens with zero attached hydrogens (tertiary/aromatic N) is 3. The molecule has 4 aromatic rings. The number of carbonyl (C=O) groups is 2. The zero-order valence-electron chi connectivity index (χ0n) is 15.2. The van der Waals surface area contributed by atoms with Gasteiger partial charge in [-0.05, 0) is 55.5 Å². The molecule has 0 aliphatic heterocycles. The molecule has 0 saturated heterocycles. The molecule has 0 saturated carbocycles. The van der Waals surface area contributed by atoms with E-state index in [4.69, 9.17) is 4.74 Å². The molecule has 1 aromatic carbocycles. The lowest BCUT2D eigenvalue weighted by Gasteiger charge is -2.08. The Morgan fingerprint density at radius 3 is 2.43 bits per heavy atom. The minimum atomic E-state index is -0.579. The van der Waals surface area contributed by atoms with Crippen molar-refractivity contribution in [2.75, 3.05) is 11.9 Å². The first-order chi connectivity index (χ1) is 13.7. The Morgan fingerprint density at radius 1 is 1.00 bits per heavy atom. The van der Waals surface area contributed by atoms with Crippen LogP contribution in [0, 0.1) is 0 Å². The van der Waals surface area contributed by atoms with Crippen molar-refractivity contribution < 1.29 is 14.3 Å². The Balaban J connectivity index is 1.64. The molecule has 0 atom stereocenters. The highest BCUT2D eigenvalue weighted by molar-refractivity contribution is 6.07. The molecule has 0 fully saturated rings. The Hall–Kier alpha value is -3.87. The molecule has 0 aliphatic rings. The van der Waals surface area contributed by atoms with Crippen LogP contribution in [-0.2, 0) is 4.74 Å². The summed E-state index contributed by atoms with van der Waals surface area (Å²) in [7, 11) is 0. The maximum Gasteiger partial charge on any atom is 0.360 e. The molecule has 1 amide bonds. The predicted molar refractivity (Wildman–Crippen MR) is 105 cm³/mol. The van der Waals surface area contributed by atoms with Gasteiger partial charge in [-0.15, -0.1) is 0 Å². The summed E-state index contributed by atoms with van der Waals surface area (Å²) >= 11 is 0. The van der Waals surface area contributed by atoms with Crippen LogP contribution in [0.2, 0.25) is 0 Å². The molecule has 3 aromatic heterocycles. The fraction of sp³-hybridized carbons (Fsp3) is 0.0952. The SMILES string of the molecule is CCOC(=O)c1nc2ccccn2c1NC(=O)c1ccc(-n2cccc2)cc1. The largest absolute Gasteiger partial charge is 0.461 e. The molecular formula is C21H18N4O3. The van der Waals surface area contributed by atoms with Gasteiger partial charge in [-0.25, -0.2) is 9.78 Å². The Kier molecular flexibility index (Phi) is 4.63. The van der Waals surface area contributed by atoms with Crippen LogP contribution in [0.3, 0.4) is 0 Å². The van der Waals surface area contributed by atoms with Gasteiger partial charge in [0.15, 0.2) is 11.5 Å².